The Labute approximate surface area is 172 Å². The first kappa shape index (κ1) is 19.4. The van der Waals surface area contributed by atoms with Gasteiger partial charge in [0.05, 0.1) is 23.8 Å². The molecular weight excluding hydrogens is 396 g/mol. The van der Waals surface area contributed by atoms with Gasteiger partial charge in [-0.2, -0.15) is 0 Å². The minimum atomic E-state index is -0.746. The van der Waals surface area contributed by atoms with Gasteiger partial charge in [0.1, 0.15) is 11.5 Å². The summed E-state index contributed by atoms with van der Waals surface area (Å²) >= 11 is 5.95. The summed E-state index contributed by atoms with van der Waals surface area (Å²) in [4.78, 5) is 20.8. The minimum absolute atomic E-state index is 0.363. The van der Waals surface area contributed by atoms with Crippen LogP contribution in [-0.4, -0.2) is 34.9 Å². The molecular formula is C21H19ClN2O5. The van der Waals surface area contributed by atoms with Gasteiger partial charge in [0.25, 0.3) is 0 Å². The average molecular weight is 415 g/mol. The summed E-state index contributed by atoms with van der Waals surface area (Å²) in [5.41, 5.74) is 1.38. The first-order valence-corrected chi connectivity index (χ1v) is 9.63. The highest BCUT2D eigenvalue weighted by Crippen LogP contribution is 2.25. The molecule has 3 aromatic rings. The average Bonchev–Trinajstić information content (AvgIpc) is 3.22. The SMILES string of the molecule is CC(Oc1ccc(Oc2cnc3cc(Cl)ccc3n2)cc1)C(=O)OC1CCCO1. The molecule has 0 N–H and O–H groups in total. The fraction of sp³-hybridized carbons (Fsp3) is 0.286. The van der Waals surface area contributed by atoms with Crippen LogP contribution in [0.25, 0.3) is 11.0 Å². The number of halogens is 1. The molecule has 0 radical (unpaired) electrons. The van der Waals surface area contributed by atoms with Gasteiger partial charge >= 0.3 is 5.97 Å². The molecule has 1 saturated heterocycles. The van der Waals surface area contributed by atoms with Crippen molar-refractivity contribution in [2.45, 2.75) is 32.2 Å². The molecule has 29 heavy (non-hydrogen) atoms. The monoisotopic (exact) mass is 414 g/mol. The molecule has 1 aromatic heterocycles. The van der Waals surface area contributed by atoms with E-state index >= 15 is 0 Å². The number of nitrogens with zero attached hydrogens (tertiary/aromatic N) is 2. The maximum Gasteiger partial charge on any atom is 0.349 e. The molecule has 150 valence electrons. The van der Waals surface area contributed by atoms with E-state index < -0.39 is 18.4 Å². The quantitative estimate of drug-likeness (QED) is 0.548. The number of carbonyl (C=O) groups is 1. The standard InChI is InChI=1S/C21H19ClN2O5/c1-13(21(25)29-20-3-2-10-26-20)27-15-5-7-16(8-6-15)28-19-12-23-18-11-14(22)4-9-17(18)24-19/h4-9,11-13,20H,2-3,10H2,1H3. The molecule has 0 spiro atoms. The Morgan fingerprint density at radius 1 is 1.17 bits per heavy atom. The summed E-state index contributed by atoms with van der Waals surface area (Å²) < 4.78 is 21.9. The van der Waals surface area contributed by atoms with E-state index in [2.05, 4.69) is 9.97 Å². The number of rotatable bonds is 6. The Morgan fingerprint density at radius 2 is 1.97 bits per heavy atom. The topological polar surface area (TPSA) is 79.8 Å². The second-order valence-corrected chi connectivity index (χ2v) is 6.99. The molecule has 4 rings (SSSR count). The summed E-state index contributed by atoms with van der Waals surface area (Å²) in [6.07, 6.45) is 1.93. The van der Waals surface area contributed by atoms with E-state index in [9.17, 15) is 4.79 Å². The largest absolute Gasteiger partial charge is 0.479 e. The number of benzene rings is 2. The Kier molecular flexibility index (Phi) is 5.78. The number of esters is 1. The van der Waals surface area contributed by atoms with Gasteiger partial charge in [-0.05, 0) is 55.8 Å². The van der Waals surface area contributed by atoms with Crippen LogP contribution in [0.15, 0.2) is 48.7 Å². The lowest BCUT2D eigenvalue weighted by atomic mass is 10.3. The lowest BCUT2D eigenvalue weighted by Crippen LogP contribution is -2.29. The highest BCUT2D eigenvalue weighted by Gasteiger charge is 2.24. The number of ether oxygens (including phenoxy) is 4. The molecule has 1 fully saturated rings. The van der Waals surface area contributed by atoms with Gasteiger partial charge < -0.3 is 18.9 Å². The molecule has 0 aliphatic carbocycles. The van der Waals surface area contributed by atoms with Crippen molar-refractivity contribution in [3.8, 4) is 17.4 Å². The van der Waals surface area contributed by atoms with Crippen molar-refractivity contribution in [3.05, 3.63) is 53.7 Å². The summed E-state index contributed by atoms with van der Waals surface area (Å²) in [7, 11) is 0. The van der Waals surface area contributed by atoms with Crippen LogP contribution in [0.1, 0.15) is 19.8 Å². The van der Waals surface area contributed by atoms with Crippen molar-refractivity contribution in [2.24, 2.45) is 0 Å². The Bertz CT molecular complexity index is 1010. The smallest absolute Gasteiger partial charge is 0.349 e. The van der Waals surface area contributed by atoms with Crippen molar-refractivity contribution < 1.29 is 23.7 Å². The highest BCUT2D eigenvalue weighted by atomic mass is 35.5. The van der Waals surface area contributed by atoms with Crippen LogP contribution in [0.4, 0.5) is 0 Å². The van der Waals surface area contributed by atoms with Crippen LogP contribution in [0, 0.1) is 0 Å². The Balaban J connectivity index is 1.36. The van der Waals surface area contributed by atoms with E-state index in [1.165, 1.54) is 6.20 Å². The van der Waals surface area contributed by atoms with Gasteiger partial charge in [-0.3, -0.25) is 0 Å². The molecule has 1 aliphatic rings. The molecule has 0 amide bonds. The van der Waals surface area contributed by atoms with Crippen molar-refractivity contribution in [1.82, 2.24) is 9.97 Å². The van der Waals surface area contributed by atoms with Crippen LogP contribution < -0.4 is 9.47 Å². The second-order valence-electron chi connectivity index (χ2n) is 6.55. The zero-order valence-electron chi connectivity index (χ0n) is 15.7. The first-order valence-electron chi connectivity index (χ1n) is 9.26. The van der Waals surface area contributed by atoms with E-state index in [1.54, 1.807) is 49.4 Å². The fourth-order valence-corrected chi connectivity index (χ4v) is 3.01. The molecule has 8 heteroatoms. The third kappa shape index (κ3) is 4.93. The van der Waals surface area contributed by atoms with Crippen molar-refractivity contribution in [3.63, 3.8) is 0 Å². The van der Waals surface area contributed by atoms with Crippen molar-refractivity contribution >= 4 is 28.6 Å². The molecule has 0 bridgehead atoms. The lowest BCUT2D eigenvalue weighted by Gasteiger charge is -2.17. The predicted molar refractivity (Wildman–Crippen MR) is 106 cm³/mol. The van der Waals surface area contributed by atoms with Crippen molar-refractivity contribution in [2.75, 3.05) is 6.61 Å². The van der Waals surface area contributed by atoms with E-state index in [0.717, 1.165) is 12.8 Å². The molecule has 2 heterocycles. The zero-order valence-corrected chi connectivity index (χ0v) is 16.5. The number of fused-ring (bicyclic) bond motifs is 1. The van der Waals surface area contributed by atoms with E-state index in [1.807, 2.05) is 0 Å². The van der Waals surface area contributed by atoms with Crippen LogP contribution in [0.5, 0.6) is 17.4 Å². The van der Waals surface area contributed by atoms with E-state index in [-0.39, 0.29) is 0 Å². The highest BCUT2D eigenvalue weighted by molar-refractivity contribution is 6.31. The van der Waals surface area contributed by atoms with Crippen LogP contribution in [0.2, 0.25) is 5.02 Å². The summed E-state index contributed by atoms with van der Waals surface area (Å²) in [5.74, 6) is 0.994. The molecule has 2 aromatic carbocycles. The van der Waals surface area contributed by atoms with Crippen molar-refractivity contribution in [1.29, 1.82) is 0 Å². The van der Waals surface area contributed by atoms with Crippen LogP contribution >= 0.6 is 11.6 Å². The zero-order chi connectivity index (χ0) is 20.2. The van der Waals surface area contributed by atoms with Gasteiger partial charge in [0.2, 0.25) is 12.2 Å². The molecule has 2 unspecified atom stereocenters. The molecule has 1 aliphatic heterocycles. The van der Waals surface area contributed by atoms with E-state index in [4.69, 9.17) is 30.5 Å². The Hall–Kier alpha value is -2.90. The van der Waals surface area contributed by atoms with Gasteiger partial charge in [-0.15, -0.1) is 0 Å². The maximum absolute atomic E-state index is 12.1. The molecule has 0 saturated carbocycles. The molecule has 2 atom stereocenters. The van der Waals surface area contributed by atoms with Crippen LogP contribution in [0.3, 0.4) is 0 Å². The maximum atomic E-state index is 12.1. The number of aromatic nitrogens is 2. The number of hydrogen-bond acceptors (Lipinski definition) is 7. The third-order valence-electron chi connectivity index (χ3n) is 4.31. The predicted octanol–water partition coefficient (Wildman–Crippen LogP) is 4.52. The van der Waals surface area contributed by atoms with E-state index in [0.29, 0.717) is 40.0 Å². The first-order chi connectivity index (χ1) is 14.1. The van der Waals surface area contributed by atoms with Gasteiger partial charge in [-0.1, -0.05) is 11.6 Å². The Morgan fingerprint density at radius 3 is 2.72 bits per heavy atom. The van der Waals surface area contributed by atoms with Gasteiger partial charge in [0.15, 0.2) is 6.10 Å². The number of hydrogen-bond donors (Lipinski definition) is 0. The molecule has 7 nitrogen and oxygen atoms in total. The normalized spacial score (nSPS) is 17.1. The summed E-state index contributed by atoms with van der Waals surface area (Å²) in [6.45, 7) is 2.25. The third-order valence-corrected chi connectivity index (χ3v) is 4.54. The number of carbonyl (C=O) groups excluding carboxylic acids is 1. The fourth-order valence-electron chi connectivity index (χ4n) is 2.84. The van der Waals surface area contributed by atoms with Gasteiger partial charge in [-0.25, -0.2) is 14.8 Å². The minimum Gasteiger partial charge on any atom is -0.479 e. The lowest BCUT2D eigenvalue weighted by molar-refractivity contribution is -0.177. The van der Waals surface area contributed by atoms with Gasteiger partial charge in [0, 0.05) is 11.4 Å². The second kappa shape index (κ2) is 8.63. The summed E-state index contributed by atoms with van der Waals surface area (Å²) in [6, 6.07) is 12.1. The van der Waals surface area contributed by atoms with Crippen LogP contribution in [-0.2, 0) is 14.3 Å². The summed E-state index contributed by atoms with van der Waals surface area (Å²) in [5, 5.41) is 0.602.